The molecule has 18 heteroatoms. The number of amides is 1. The van der Waals surface area contributed by atoms with Gasteiger partial charge in [0, 0.05) is 72.2 Å². The molecule has 5 aliphatic rings. The number of allylic oxidation sites excluding steroid dienone is 14. The van der Waals surface area contributed by atoms with Gasteiger partial charge in [0.2, 0.25) is 5.91 Å². The number of rotatable bonds is 28. The van der Waals surface area contributed by atoms with Crippen LogP contribution in [0.1, 0.15) is 136 Å². The van der Waals surface area contributed by atoms with Gasteiger partial charge >= 0.3 is 17.9 Å². The number of esters is 3. The van der Waals surface area contributed by atoms with Crippen molar-refractivity contribution in [3.8, 4) is 23.0 Å². The third kappa shape index (κ3) is 16.6. The second kappa shape index (κ2) is 30.8. The number of aliphatic hydroxyl groups excluding tert-OH is 1. The first-order valence-electron chi connectivity index (χ1n) is 29.5. The van der Waals surface area contributed by atoms with E-state index in [4.69, 9.17) is 38.7 Å². The number of carbonyl (C=O) groups is 6. The van der Waals surface area contributed by atoms with Crippen LogP contribution in [-0.4, -0.2) is 97.7 Å². The number of carbonyl (C=O) groups excluding carboxylic acids is 6. The predicted octanol–water partition coefficient (Wildman–Crippen LogP) is 12.2. The van der Waals surface area contributed by atoms with E-state index >= 15 is 0 Å². The van der Waals surface area contributed by atoms with Crippen molar-refractivity contribution < 1.29 is 62.7 Å². The van der Waals surface area contributed by atoms with Crippen LogP contribution in [0.25, 0.3) is 12.2 Å². The zero-order valence-corrected chi connectivity index (χ0v) is 51.3. The number of nitrogens with one attached hydrogen (secondary N) is 2. The Balaban J connectivity index is 0.938. The lowest BCUT2D eigenvalue weighted by atomic mass is 9.84. The van der Waals surface area contributed by atoms with Gasteiger partial charge in [-0.15, -0.1) is 0 Å². The molecule has 4 N–H and O–H groups in total. The molecule has 2 aromatic rings. The minimum atomic E-state index is -0.543. The van der Waals surface area contributed by atoms with Crippen molar-refractivity contribution in [1.82, 2.24) is 10.6 Å². The van der Waals surface area contributed by atoms with Gasteiger partial charge in [-0.25, -0.2) is 15.0 Å². The van der Waals surface area contributed by atoms with Gasteiger partial charge < -0.3 is 44.5 Å². The van der Waals surface area contributed by atoms with Crippen LogP contribution >= 0.6 is 0 Å². The first-order valence-corrected chi connectivity index (χ1v) is 29.5. The number of ether oxygens (including phenoxy) is 5. The fraction of sp³-hybridized carbons (Fsp3) is 0.377. The number of fused-ring (bicyclic) bond motifs is 5. The highest BCUT2D eigenvalue weighted by Crippen LogP contribution is 2.44. The summed E-state index contributed by atoms with van der Waals surface area (Å²) in [5.74, 6) is -2.03. The number of nitrogens with zero attached hydrogens (tertiary/aromatic N) is 3. The van der Waals surface area contributed by atoms with Crippen molar-refractivity contribution in [2.45, 2.75) is 125 Å². The second-order valence-electron chi connectivity index (χ2n) is 21.7. The van der Waals surface area contributed by atoms with Gasteiger partial charge in [-0.05, 0) is 141 Å². The van der Waals surface area contributed by atoms with Gasteiger partial charge in [0.15, 0.2) is 34.6 Å². The summed E-state index contributed by atoms with van der Waals surface area (Å²) >= 11 is 0. The fourth-order valence-corrected chi connectivity index (χ4v) is 11.0. The molecule has 0 aliphatic carbocycles. The van der Waals surface area contributed by atoms with E-state index in [0.717, 1.165) is 82.1 Å². The van der Waals surface area contributed by atoms with Crippen molar-refractivity contribution in [3.05, 3.63) is 164 Å². The highest BCUT2D eigenvalue weighted by atomic mass is 16.6. The van der Waals surface area contributed by atoms with Crippen LogP contribution in [0.5, 0.6) is 23.0 Å². The Bertz CT molecular complexity index is 3530. The first kappa shape index (κ1) is 65.4. The van der Waals surface area contributed by atoms with Crippen molar-refractivity contribution in [1.29, 1.82) is 0 Å². The zero-order chi connectivity index (χ0) is 62.9. The minimum absolute atomic E-state index is 0.00744. The third-order valence-corrected chi connectivity index (χ3v) is 16.0. The van der Waals surface area contributed by atoms with E-state index in [0.29, 0.717) is 71.6 Å². The van der Waals surface area contributed by atoms with E-state index in [1.165, 1.54) is 58.8 Å². The molecule has 5 heterocycles. The second-order valence-corrected chi connectivity index (χ2v) is 21.7. The Morgan fingerprint density at radius 3 is 2.02 bits per heavy atom. The number of hydrogen-bond acceptors (Lipinski definition) is 17. The monoisotopic (exact) mass is 1190 g/mol. The lowest BCUT2D eigenvalue weighted by Gasteiger charge is -2.20. The van der Waals surface area contributed by atoms with Crippen LogP contribution in [0.15, 0.2) is 168 Å². The van der Waals surface area contributed by atoms with Crippen LogP contribution in [0, 0.1) is 11.8 Å². The lowest BCUT2D eigenvalue weighted by Crippen LogP contribution is -2.24. The molecule has 2 unspecified atom stereocenters. The number of phenols is 1. The molecule has 2 aromatic carbocycles. The number of hydrogen-bond donors (Lipinski definition) is 4. The standard InChI is InChI=1S/C69H79N5O13/c1-11-48-40(3)52-37-54-42(5)50(28-31-64(80)85-9)68(73-54)51(36-66(82)86-10)69-67(43(6)55(74-69)39-57-49(12-2)41(4)53(72-57)38-56(48)71-52)59(78)19-16-14-13-15-17-32-70-63(79)20-18-21-65(81)87-60-30-25-45(34-62(60)84-8)23-27-47(76)35-46(75)26-22-44-24-29-58(77)61(33-44)83-7/h11,22-27,29-30,33-34,37-39,42,50,73,77-78H,1,12-21,28,31-32,35-36H2,2-10H3,(H,70,79)/b26-22+,27-23+,54-37?,56-38?,57-39?,67-59?,68-51?. The number of ketones is 2. The maximum absolute atomic E-state index is 13.5. The number of unbranched alkanes of at least 4 members (excludes halogenated alkanes) is 4. The summed E-state index contributed by atoms with van der Waals surface area (Å²) in [4.78, 5) is 92.3. The molecule has 2 atom stereocenters. The summed E-state index contributed by atoms with van der Waals surface area (Å²) in [6.45, 7) is 14.8. The fourth-order valence-electron chi connectivity index (χ4n) is 11.0. The van der Waals surface area contributed by atoms with Crippen LogP contribution in [0.4, 0.5) is 0 Å². The average molecular weight is 1190 g/mol. The quantitative estimate of drug-likeness (QED) is 0.0154. The smallest absolute Gasteiger partial charge is 0.311 e. The van der Waals surface area contributed by atoms with Crippen LogP contribution in [0.2, 0.25) is 0 Å². The van der Waals surface area contributed by atoms with E-state index in [2.05, 4.69) is 38.0 Å². The molecule has 1 fully saturated rings. The largest absolute Gasteiger partial charge is 0.512 e. The molecule has 458 valence electrons. The van der Waals surface area contributed by atoms with Crippen molar-refractivity contribution >= 4 is 64.7 Å². The maximum Gasteiger partial charge on any atom is 0.311 e. The van der Waals surface area contributed by atoms with Crippen LogP contribution in [0.3, 0.4) is 0 Å². The number of benzene rings is 2. The van der Waals surface area contributed by atoms with Crippen molar-refractivity contribution in [3.63, 3.8) is 0 Å². The van der Waals surface area contributed by atoms with E-state index in [-0.39, 0.29) is 91.0 Å². The molecule has 87 heavy (non-hydrogen) atoms. The molecule has 18 nitrogen and oxygen atoms in total. The molecule has 7 rings (SSSR count). The number of aliphatic hydroxyl groups is 1. The number of methoxy groups -OCH3 is 4. The molecule has 0 aromatic heterocycles. The first-order chi connectivity index (χ1) is 41.8. The Labute approximate surface area is 509 Å². The predicted molar refractivity (Wildman–Crippen MR) is 336 cm³/mol. The molecule has 8 bridgehead atoms. The van der Waals surface area contributed by atoms with Gasteiger partial charge in [0.25, 0.3) is 0 Å². The molecular formula is C69H79N5O13. The Morgan fingerprint density at radius 2 is 1.34 bits per heavy atom. The summed E-state index contributed by atoms with van der Waals surface area (Å²) in [6.07, 6.45) is 18.8. The Hall–Kier alpha value is -9.19. The van der Waals surface area contributed by atoms with Gasteiger partial charge in [0.1, 0.15) is 5.76 Å². The summed E-state index contributed by atoms with van der Waals surface area (Å²) in [5.41, 5.74) is 12.6. The highest BCUT2D eigenvalue weighted by molar-refractivity contribution is 6.20. The van der Waals surface area contributed by atoms with Crippen molar-refractivity contribution in [2.24, 2.45) is 26.8 Å². The molecule has 1 amide bonds. The summed E-state index contributed by atoms with van der Waals surface area (Å²) in [7, 11) is 5.54. The highest BCUT2D eigenvalue weighted by Gasteiger charge is 2.39. The number of phenolic OH excluding ortho intramolecular Hbond substituents is 1. The number of aliphatic imine (C=N–C) groups is 3. The minimum Gasteiger partial charge on any atom is -0.512 e. The third-order valence-electron chi connectivity index (χ3n) is 16.0. The average Bonchev–Trinajstić information content (AvgIpc) is 1.71. The van der Waals surface area contributed by atoms with Gasteiger partial charge in [-0.3, -0.25) is 28.8 Å². The Kier molecular flexibility index (Phi) is 23.1. The molecular weight excluding hydrogens is 1110 g/mol. The summed E-state index contributed by atoms with van der Waals surface area (Å²) in [6, 6.07) is 9.39. The maximum atomic E-state index is 13.5. The van der Waals surface area contributed by atoms with E-state index in [9.17, 15) is 39.0 Å². The van der Waals surface area contributed by atoms with E-state index in [1.54, 1.807) is 30.3 Å². The van der Waals surface area contributed by atoms with Gasteiger partial charge in [0.05, 0.1) is 75.5 Å². The molecule has 1 saturated heterocycles. The lowest BCUT2D eigenvalue weighted by molar-refractivity contribution is -0.141. The molecule has 0 radical (unpaired) electrons. The molecule has 5 aliphatic heterocycles. The Morgan fingerprint density at radius 1 is 0.690 bits per heavy atom. The van der Waals surface area contributed by atoms with E-state index in [1.807, 2.05) is 38.2 Å². The van der Waals surface area contributed by atoms with Crippen LogP contribution < -0.4 is 24.8 Å². The summed E-state index contributed by atoms with van der Waals surface area (Å²) < 4.78 is 26.4. The van der Waals surface area contributed by atoms with E-state index < -0.39 is 23.5 Å². The van der Waals surface area contributed by atoms with Gasteiger partial charge in [-0.2, -0.15) is 0 Å². The van der Waals surface area contributed by atoms with Crippen LogP contribution in [-0.2, 0) is 38.2 Å². The normalized spacial score (nSPS) is 17.8. The molecule has 0 saturated carbocycles. The number of aromatic hydroxyl groups is 1. The summed E-state index contributed by atoms with van der Waals surface area (Å²) in [5, 5.41) is 28.6. The zero-order valence-electron chi connectivity index (χ0n) is 51.3. The van der Waals surface area contributed by atoms with Crippen molar-refractivity contribution in [2.75, 3.05) is 35.0 Å². The topological polar surface area (TPSA) is 250 Å². The molecule has 0 spiro atoms. The SMILES string of the molecule is C=CC1=C(C)C2=NC1=CC1=NC(=CC3=C(C)C(=C(O)CCCCCCCNC(=O)CCCC(=O)Oc4ccc(/C=C/C(=O)CC(=O)/C=C/c5ccc(O)c(OC)c5)cc4OC)C(=N3)C(CC(=O)OC)=C3NC(=C2)C(C)C3CCC(=O)OC)C(CC)=C1C. The van der Waals surface area contributed by atoms with Gasteiger partial charge in [-0.1, -0.05) is 70.0 Å².